The summed E-state index contributed by atoms with van der Waals surface area (Å²) in [6.07, 6.45) is 0.627. The molecule has 2 aliphatic heterocycles. The third-order valence-corrected chi connectivity index (χ3v) is 6.71. The van der Waals surface area contributed by atoms with Gasteiger partial charge in [-0.05, 0) is 25.6 Å². The number of hydrogen-bond acceptors (Lipinski definition) is 4. The van der Waals surface area contributed by atoms with Crippen molar-refractivity contribution in [2.45, 2.75) is 23.5 Å². The van der Waals surface area contributed by atoms with Crippen molar-refractivity contribution in [3.63, 3.8) is 0 Å². The van der Waals surface area contributed by atoms with Crippen LogP contribution in [-0.4, -0.2) is 63.1 Å². The topological polar surface area (TPSA) is 49.9 Å². The van der Waals surface area contributed by atoms with Crippen LogP contribution in [0.4, 0.5) is 4.39 Å². The van der Waals surface area contributed by atoms with Gasteiger partial charge in [0.15, 0.2) is 0 Å². The Bertz CT molecular complexity index is 650. The van der Waals surface area contributed by atoms with Gasteiger partial charge in [0.2, 0.25) is 10.0 Å². The highest BCUT2D eigenvalue weighted by molar-refractivity contribution is 7.89. The van der Waals surface area contributed by atoms with Crippen molar-refractivity contribution in [2.75, 3.05) is 33.3 Å². The molecule has 5 nitrogen and oxygen atoms in total. The summed E-state index contributed by atoms with van der Waals surface area (Å²) in [6.45, 7) is 2.01. The van der Waals surface area contributed by atoms with Crippen molar-refractivity contribution in [3.05, 3.63) is 29.0 Å². The summed E-state index contributed by atoms with van der Waals surface area (Å²) in [5.41, 5.74) is 0. The van der Waals surface area contributed by atoms with E-state index in [4.69, 9.17) is 16.3 Å². The first-order valence-corrected chi connectivity index (χ1v) is 8.99. The van der Waals surface area contributed by atoms with Gasteiger partial charge in [0.25, 0.3) is 0 Å². The molecule has 2 fully saturated rings. The lowest BCUT2D eigenvalue weighted by Gasteiger charge is -2.45. The number of ether oxygens (including phenoxy) is 1. The predicted octanol–water partition coefficient (Wildman–Crippen LogP) is 1.57. The monoisotopic (exact) mass is 348 g/mol. The van der Waals surface area contributed by atoms with E-state index in [0.29, 0.717) is 19.6 Å². The molecule has 1 aromatic rings. The van der Waals surface area contributed by atoms with Crippen molar-refractivity contribution in [1.29, 1.82) is 0 Å². The lowest BCUT2D eigenvalue weighted by molar-refractivity contribution is -0.0840. The molecule has 0 amide bonds. The Kier molecular flexibility index (Phi) is 4.44. The maximum atomic E-state index is 14.0. The first kappa shape index (κ1) is 16.1. The molecule has 2 saturated heterocycles. The molecule has 8 heteroatoms. The summed E-state index contributed by atoms with van der Waals surface area (Å²) in [5.74, 6) is -0.817. The Morgan fingerprint density at radius 2 is 2.14 bits per heavy atom. The van der Waals surface area contributed by atoms with Crippen LogP contribution in [0, 0.1) is 5.82 Å². The van der Waals surface area contributed by atoms with Gasteiger partial charge in [-0.15, -0.1) is 0 Å². The number of likely N-dealkylation sites (N-methyl/N-ethyl adjacent to an activating group) is 1. The highest BCUT2D eigenvalue weighted by Gasteiger charge is 2.41. The van der Waals surface area contributed by atoms with Gasteiger partial charge in [0.1, 0.15) is 10.7 Å². The summed E-state index contributed by atoms with van der Waals surface area (Å²) in [4.78, 5) is 1.66. The normalized spacial score (nSPS) is 27.6. The molecule has 22 heavy (non-hydrogen) atoms. The summed E-state index contributed by atoms with van der Waals surface area (Å²) in [5, 5.41) is -0.0876. The Morgan fingerprint density at radius 3 is 2.86 bits per heavy atom. The van der Waals surface area contributed by atoms with Crippen LogP contribution in [0.1, 0.15) is 6.42 Å². The molecular formula is C14H18ClFN2O3S. The maximum absolute atomic E-state index is 14.0. The minimum atomic E-state index is -3.95. The van der Waals surface area contributed by atoms with E-state index in [1.165, 1.54) is 16.4 Å². The van der Waals surface area contributed by atoms with Gasteiger partial charge in [-0.2, -0.15) is 4.31 Å². The molecule has 0 bridgehead atoms. The molecule has 1 aromatic carbocycles. The van der Waals surface area contributed by atoms with Gasteiger partial charge in [-0.3, -0.25) is 4.90 Å². The number of morpholine rings is 1. The fraction of sp³-hybridized carbons (Fsp3) is 0.571. The van der Waals surface area contributed by atoms with Crippen molar-refractivity contribution in [3.8, 4) is 0 Å². The Labute approximate surface area is 134 Å². The first-order valence-electron chi connectivity index (χ1n) is 7.17. The van der Waals surface area contributed by atoms with E-state index in [-0.39, 0.29) is 23.7 Å². The molecular weight excluding hydrogens is 331 g/mol. The number of rotatable bonds is 2. The average Bonchev–Trinajstić information content (AvgIpc) is 2.47. The van der Waals surface area contributed by atoms with Crippen LogP contribution < -0.4 is 0 Å². The zero-order valence-corrected chi connectivity index (χ0v) is 13.8. The Balaban J connectivity index is 1.90. The van der Waals surface area contributed by atoms with E-state index in [9.17, 15) is 12.8 Å². The Hall–Kier alpha value is -0.730. The fourth-order valence-electron chi connectivity index (χ4n) is 3.09. The van der Waals surface area contributed by atoms with E-state index in [2.05, 4.69) is 4.90 Å². The number of halogens is 2. The minimum absolute atomic E-state index is 0.0113. The maximum Gasteiger partial charge on any atom is 0.247 e. The number of nitrogens with zero attached hydrogens (tertiary/aromatic N) is 2. The minimum Gasteiger partial charge on any atom is -0.375 e. The van der Waals surface area contributed by atoms with Crippen molar-refractivity contribution < 1.29 is 17.5 Å². The summed E-state index contributed by atoms with van der Waals surface area (Å²) in [6, 6.07) is 3.88. The second-order valence-electron chi connectivity index (χ2n) is 5.66. The molecule has 2 aliphatic rings. The molecule has 3 rings (SSSR count). The molecule has 0 saturated carbocycles. The number of sulfonamides is 1. The lowest BCUT2D eigenvalue weighted by atomic mass is 10.0. The third kappa shape index (κ3) is 2.76. The van der Waals surface area contributed by atoms with Crippen molar-refractivity contribution >= 4 is 21.6 Å². The van der Waals surface area contributed by atoms with E-state index < -0.39 is 20.7 Å². The molecule has 2 atom stereocenters. The second kappa shape index (κ2) is 6.05. The molecule has 0 spiro atoms. The highest BCUT2D eigenvalue weighted by Crippen LogP contribution is 2.31. The fourth-order valence-corrected chi connectivity index (χ4v) is 5.13. The van der Waals surface area contributed by atoms with Gasteiger partial charge >= 0.3 is 0 Å². The SMILES string of the molecule is CN1CCOC2CCN(S(=O)(=O)c3c(F)cccc3Cl)CC21. The molecule has 0 radical (unpaired) electrons. The van der Waals surface area contributed by atoms with E-state index in [0.717, 1.165) is 12.6 Å². The zero-order chi connectivity index (χ0) is 15.9. The van der Waals surface area contributed by atoms with Gasteiger partial charge in [-0.25, -0.2) is 12.8 Å². The van der Waals surface area contributed by atoms with Gasteiger partial charge in [0, 0.05) is 25.7 Å². The zero-order valence-electron chi connectivity index (χ0n) is 12.2. The van der Waals surface area contributed by atoms with E-state index in [1.54, 1.807) is 0 Å². The van der Waals surface area contributed by atoms with Crippen LogP contribution in [0.15, 0.2) is 23.1 Å². The molecule has 0 N–H and O–H groups in total. The van der Waals surface area contributed by atoms with Gasteiger partial charge in [0.05, 0.1) is 17.7 Å². The van der Waals surface area contributed by atoms with E-state index >= 15 is 0 Å². The van der Waals surface area contributed by atoms with Crippen LogP contribution in [-0.2, 0) is 14.8 Å². The van der Waals surface area contributed by atoms with Gasteiger partial charge < -0.3 is 4.74 Å². The standard InChI is InChI=1S/C14H18ClFN2O3S/c1-17-7-8-21-13-5-6-18(9-12(13)17)22(19,20)14-10(15)3-2-4-11(14)16/h2-4,12-13H,5-9H2,1H3. The summed E-state index contributed by atoms with van der Waals surface area (Å²) < 4.78 is 46.5. The van der Waals surface area contributed by atoms with Crippen LogP contribution in [0.25, 0.3) is 0 Å². The average molecular weight is 349 g/mol. The van der Waals surface area contributed by atoms with E-state index in [1.807, 2.05) is 7.05 Å². The first-order chi connectivity index (χ1) is 10.4. The Morgan fingerprint density at radius 1 is 1.36 bits per heavy atom. The van der Waals surface area contributed by atoms with Crippen molar-refractivity contribution in [2.24, 2.45) is 0 Å². The molecule has 0 aromatic heterocycles. The second-order valence-corrected chi connectivity index (χ2v) is 7.94. The van der Waals surface area contributed by atoms with Crippen LogP contribution in [0.5, 0.6) is 0 Å². The van der Waals surface area contributed by atoms with Gasteiger partial charge in [-0.1, -0.05) is 17.7 Å². The molecule has 2 unspecified atom stereocenters. The molecule has 122 valence electrons. The number of piperidine rings is 1. The molecule has 2 heterocycles. The van der Waals surface area contributed by atoms with Crippen LogP contribution in [0.2, 0.25) is 5.02 Å². The number of benzene rings is 1. The predicted molar refractivity (Wildman–Crippen MR) is 80.9 cm³/mol. The lowest BCUT2D eigenvalue weighted by Crippen LogP contribution is -2.59. The quantitative estimate of drug-likeness (QED) is 0.814. The largest absolute Gasteiger partial charge is 0.375 e. The van der Waals surface area contributed by atoms with Crippen LogP contribution in [0.3, 0.4) is 0 Å². The smallest absolute Gasteiger partial charge is 0.247 e. The van der Waals surface area contributed by atoms with Crippen molar-refractivity contribution in [1.82, 2.24) is 9.21 Å². The summed E-state index contributed by atoms with van der Waals surface area (Å²) >= 11 is 5.92. The highest BCUT2D eigenvalue weighted by atomic mass is 35.5. The molecule has 0 aliphatic carbocycles. The number of fused-ring (bicyclic) bond motifs is 1. The summed E-state index contributed by atoms with van der Waals surface area (Å²) in [7, 11) is -2.00. The van der Waals surface area contributed by atoms with Crippen LogP contribution >= 0.6 is 11.6 Å². The third-order valence-electron chi connectivity index (χ3n) is 4.34. The number of hydrogen-bond donors (Lipinski definition) is 0.